The van der Waals surface area contributed by atoms with Crippen LogP contribution in [0.15, 0.2) is 109 Å². The molecule has 0 spiro atoms. The molecule has 2 heterocycles. The van der Waals surface area contributed by atoms with Crippen LogP contribution in [0.1, 0.15) is 0 Å². The van der Waals surface area contributed by atoms with Crippen molar-refractivity contribution in [3.63, 3.8) is 0 Å². The molecule has 1 radical (unpaired) electrons. The topological polar surface area (TPSA) is 25.8 Å². The van der Waals surface area contributed by atoms with Gasteiger partial charge >= 0.3 is 0 Å². The van der Waals surface area contributed by atoms with Gasteiger partial charge in [0.25, 0.3) is 0 Å². The van der Waals surface area contributed by atoms with Crippen molar-refractivity contribution in [1.82, 2.24) is 9.97 Å². The molecule has 5 aromatic rings. The minimum absolute atomic E-state index is 0. The van der Waals surface area contributed by atoms with Crippen molar-refractivity contribution in [3.05, 3.63) is 133 Å². The molecule has 0 aliphatic heterocycles. The summed E-state index contributed by atoms with van der Waals surface area (Å²) in [6.45, 7) is 0. The second kappa shape index (κ2) is 11.9. The summed E-state index contributed by atoms with van der Waals surface area (Å²) in [5.41, 5.74) is 5.03. The summed E-state index contributed by atoms with van der Waals surface area (Å²) in [5.74, 6) is -1.80. The van der Waals surface area contributed by atoms with Gasteiger partial charge in [-0.3, -0.25) is 4.39 Å². The summed E-state index contributed by atoms with van der Waals surface area (Å²) in [6, 6.07) is 35.1. The van der Waals surface area contributed by atoms with E-state index in [0.29, 0.717) is 11.3 Å². The largest absolute Gasteiger partial charge is 0.305 e. The van der Waals surface area contributed by atoms with Crippen LogP contribution in [0.3, 0.4) is 0 Å². The first kappa shape index (κ1) is 24.1. The molecule has 5 heteroatoms. The molecule has 0 aliphatic carbocycles. The van der Waals surface area contributed by atoms with Crippen LogP contribution in [-0.2, 0) is 20.1 Å². The second-order valence-electron chi connectivity index (χ2n) is 6.83. The van der Waals surface area contributed by atoms with Gasteiger partial charge in [-0.05, 0) is 28.6 Å². The van der Waals surface area contributed by atoms with Crippen LogP contribution in [0.5, 0.6) is 0 Å². The normalized spacial score (nSPS) is 9.88. The predicted molar refractivity (Wildman–Crippen MR) is 122 cm³/mol. The van der Waals surface area contributed by atoms with Gasteiger partial charge in [0.05, 0.1) is 11.6 Å². The third-order valence-corrected chi connectivity index (χ3v) is 4.65. The van der Waals surface area contributed by atoms with Gasteiger partial charge in [0, 0.05) is 32.5 Å². The Hall–Kier alpha value is -3.53. The molecule has 2 aromatic heterocycles. The number of hydrogen-bond donors (Lipinski definition) is 0. The van der Waals surface area contributed by atoms with Gasteiger partial charge in [0.15, 0.2) is 0 Å². The summed E-state index contributed by atoms with van der Waals surface area (Å²) in [7, 11) is 0. The fourth-order valence-electron chi connectivity index (χ4n) is 3.02. The van der Waals surface area contributed by atoms with Crippen molar-refractivity contribution in [1.29, 1.82) is 0 Å². The zero-order valence-corrected chi connectivity index (χ0v) is 19.8. The fraction of sp³-hybridized carbons (Fsp3) is 0. The Morgan fingerprint density at radius 1 is 0.606 bits per heavy atom. The van der Waals surface area contributed by atoms with Crippen LogP contribution in [0.25, 0.3) is 33.6 Å². The average Bonchev–Trinajstić information content (AvgIpc) is 2.88. The van der Waals surface area contributed by atoms with Crippen LogP contribution in [0, 0.1) is 23.8 Å². The Morgan fingerprint density at radius 3 is 2.00 bits per heavy atom. The van der Waals surface area contributed by atoms with Gasteiger partial charge in [-0.15, -0.1) is 59.7 Å². The predicted octanol–water partition coefficient (Wildman–Crippen LogP) is 7.04. The van der Waals surface area contributed by atoms with Crippen LogP contribution in [-0.4, -0.2) is 9.97 Å². The van der Waals surface area contributed by atoms with E-state index in [1.54, 1.807) is 18.5 Å². The molecule has 0 saturated heterocycles. The summed E-state index contributed by atoms with van der Waals surface area (Å²) < 4.78 is 26.1. The Labute approximate surface area is 205 Å². The Balaban J connectivity index is 0.000000202. The van der Waals surface area contributed by atoms with Crippen LogP contribution >= 0.6 is 0 Å². The number of aromatic nitrogens is 2. The van der Waals surface area contributed by atoms with E-state index in [2.05, 4.69) is 22.1 Å². The summed E-state index contributed by atoms with van der Waals surface area (Å²) >= 11 is 0. The molecule has 3 aromatic carbocycles. The molecule has 0 N–H and O–H groups in total. The maximum atomic E-state index is 13.2. The van der Waals surface area contributed by atoms with Gasteiger partial charge < -0.3 is 9.97 Å². The molecular weight excluding hydrogens is 595 g/mol. The third-order valence-electron chi connectivity index (χ3n) is 4.65. The minimum Gasteiger partial charge on any atom is -0.305 e. The molecule has 0 atom stereocenters. The van der Waals surface area contributed by atoms with E-state index >= 15 is 0 Å². The quantitative estimate of drug-likeness (QED) is 0.204. The van der Waals surface area contributed by atoms with Crippen molar-refractivity contribution in [2.75, 3.05) is 0 Å². The molecule has 165 valence electrons. The summed E-state index contributed by atoms with van der Waals surface area (Å²) in [4.78, 5) is 8.49. The SMILES string of the molecule is Fc1c[c-]c(-c2ccc(-c3ccccc3)cn2)cc1F.[Ir].[c-]1ccccc1-c1ccccn1. The molecule has 0 unspecified atom stereocenters. The first-order valence-electron chi connectivity index (χ1n) is 9.97. The number of nitrogens with zero attached hydrogens (tertiary/aromatic N) is 2. The number of benzene rings is 3. The van der Waals surface area contributed by atoms with E-state index < -0.39 is 11.6 Å². The molecule has 0 aliphatic rings. The van der Waals surface area contributed by atoms with Gasteiger partial charge in [-0.25, -0.2) is 4.39 Å². The molecule has 0 saturated carbocycles. The molecule has 2 nitrogen and oxygen atoms in total. The average molecular weight is 613 g/mol. The monoisotopic (exact) mass is 613 g/mol. The number of rotatable bonds is 3. The van der Waals surface area contributed by atoms with Crippen molar-refractivity contribution in [2.45, 2.75) is 0 Å². The van der Waals surface area contributed by atoms with E-state index in [0.717, 1.165) is 34.5 Å². The zero-order valence-electron chi connectivity index (χ0n) is 17.4. The molecule has 0 bridgehead atoms. The summed E-state index contributed by atoms with van der Waals surface area (Å²) in [5, 5.41) is 0. The van der Waals surface area contributed by atoms with Gasteiger partial charge in [-0.2, -0.15) is 0 Å². The van der Waals surface area contributed by atoms with Gasteiger partial charge in [0.2, 0.25) is 0 Å². The molecule has 0 amide bonds. The smallest absolute Gasteiger partial charge is 0.0765 e. The molecular formula is C28H18F2IrN2-2. The van der Waals surface area contributed by atoms with Gasteiger partial charge in [0.1, 0.15) is 0 Å². The maximum Gasteiger partial charge on any atom is 0.0765 e. The van der Waals surface area contributed by atoms with Gasteiger partial charge in [-0.1, -0.05) is 54.6 Å². The first-order chi connectivity index (χ1) is 15.7. The Bertz CT molecular complexity index is 1230. The van der Waals surface area contributed by atoms with Crippen LogP contribution in [0.4, 0.5) is 8.78 Å². The second-order valence-corrected chi connectivity index (χ2v) is 6.83. The number of hydrogen-bond acceptors (Lipinski definition) is 2. The third kappa shape index (κ3) is 6.48. The van der Waals surface area contributed by atoms with Crippen LogP contribution in [0.2, 0.25) is 0 Å². The zero-order chi connectivity index (χ0) is 22.2. The standard InChI is InChI=1S/C17H10F2N.C11H8N.Ir/c18-15-8-6-13(10-16(15)19)17-9-7-14(11-20-17)12-4-2-1-3-5-12;1-2-6-10(7-3-1)11-8-4-5-9-12-11;/h1-5,7-11H;1-6,8-9H;/q2*-1;. The van der Waals surface area contributed by atoms with Crippen LogP contribution < -0.4 is 0 Å². The minimum atomic E-state index is -0.908. The summed E-state index contributed by atoms with van der Waals surface area (Å²) in [6.07, 6.45) is 3.50. The Morgan fingerprint density at radius 2 is 1.36 bits per heavy atom. The first-order valence-corrected chi connectivity index (χ1v) is 9.97. The van der Waals surface area contributed by atoms with E-state index in [-0.39, 0.29) is 20.1 Å². The molecule has 5 rings (SSSR count). The van der Waals surface area contributed by atoms with E-state index in [1.165, 1.54) is 0 Å². The molecule has 33 heavy (non-hydrogen) atoms. The van der Waals surface area contributed by atoms with E-state index in [9.17, 15) is 8.78 Å². The Kier molecular flexibility index (Phi) is 8.70. The molecule has 0 fully saturated rings. The number of halogens is 2. The fourth-order valence-corrected chi connectivity index (χ4v) is 3.02. The van der Waals surface area contributed by atoms with E-state index in [1.807, 2.05) is 78.9 Å². The van der Waals surface area contributed by atoms with Crippen molar-refractivity contribution < 1.29 is 28.9 Å². The van der Waals surface area contributed by atoms with Crippen molar-refractivity contribution in [2.24, 2.45) is 0 Å². The maximum absolute atomic E-state index is 13.2. The number of pyridine rings is 2. The van der Waals surface area contributed by atoms with E-state index in [4.69, 9.17) is 0 Å². The van der Waals surface area contributed by atoms with Crippen molar-refractivity contribution >= 4 is 0 Å². The van der Waals surface area contributed by atoms with Crippen molar-refractivity contribution in [3.8, 4) is 33.6 Å².